The Morgan fingerprint density at radius 2 is 2.00 bits per heavy atom. The number of carbonyl (C=O) groups is 1. The fourth-order valence-corrected chi connectivity index (χ4v) is 1.57. The van der Waals surface area contributed by atoms with Crippen LogP contribution in [-0.4, -0.2) is 16.8 Å². The Kier molecular flexibility index (Phi) is 4.78. The van der Waals surface area contributed by atoms with Crippen molar-refractivity contribution in [3.8, 4) is 5.75 Å². The second-order valence-electron chi connectivity index (χ2n) is 5.56. The van der Waals surface area contributed by atoms with Crippen LogP contribution in [0.4, 0.5) is 4.79 Å². The van der Waals surface area contributed by atoms with Crippen LogP contribution in [0.25, 0.3) is 0 Å². The van der Waals surface area contributed by atoms with Crippen molar-refractivity contribution in [2.45, 2.75) is 46.3 Å². The van der Waals surface area contributed by atoms with Gasteiger partial charge in [0.25, 0.3) is 0 Å². The molecular formula is C14H22N2O3. The molecular weight excluding hydrogens is 244 g/mol. The molecule has 0 aliphatic rings. The topological polar surface area (TPSA) is 70.6 Å². The van der Waals surface area contributed by atoms with E-state index in [1.807, 2.05) is 26.0 Å². The van der Waals surface area contributed by atoms with Crippen molar-refractivity contribution in [3.63, 3.8) is 0 Å². The van der Waals surface area contributed by atoms with Gasteiger partial charge in [-0.05, 0) is 46.2 Å². The Hall–Kier alpha value is -1.75. The monoisotopic (exact) mass is 266 g/mol. The number of phenols is 1. The number of ether oxygens (including phenoxy) is 1. The highest BCUT2D eigenvalue weighted by atomic mass is 16.6. The molecule has 1 rings (SSSR count). The number of nitrogens with one attached hydrogen (secondary N) is 2. The van der Waals surface area contributed by atoms with Gasteiger partial charge in [0.1, 0.15) is 11.4 Å². The summed E-state index contributed by atoms with van der Waals surface area (Å²) in [7, 11) is 0. The number of aryl methyl sites for hydroxylation is 1. The molecule has 0 heterocycles. The number of hydrogen-bond acceptors (Lipinski definition) is 4. The van der Waals surface area contributed by atoms with E-state index in [2.05, 4.69) is 10.9 Å². The van der Waals surface area contributed by atoms with E-state index in [1.165, 1.54) is 0 Å². The van der Waals surface area contributed by atoms with Crippen molar-refractivity contribution in [1.29, 1.82) is 0 Å². The molecule has 0 aliphatic carbocycles. The van der Waals surface area contributed by atoms with Gasteiger partial charge in [-0.25, -0.2) is 10.2 Å². The van der Waals surface area contributed by atoms with Crippen LogP contribution in [0.1, 0.15) is 44.9 Å². The zero-order chi connectivity index (χ0) is 14.6. The predicted molar refractivity (Wildman–Crippen MR) is 73.8 cm³/mol. The number of aromatic hydroxyl groups is 1. The van der Waals surface area contributed by atoms with E-state index < -0.39 is 11.7 Å². The maximum absolute atomic E-state index is 11.5. The second-order valence-corrected chi connectivity index (χ2v) is 5.56. The van der Waals surface area contributed by atoms with Gasteiger partial charge in [0, 0.05) is 5.56 Å². The molecule has 0 bridgehead atoms. The number of hydrazine groups is 1. The Morgan fingerprint density at radius 1 is 1.37 bits per heavy atom. The van der Waals surface area contributed by atoms with Crippen LogP contribution in [0.3, 0.4) is 0 Å². The molecule has 106 valence electrons. The molecule has 0 radical (unpaired) electrons. The van der Waals surface area contributed by atoms with Crippen molar-refractivity contribution in [1.82, 2.24) is 10.9 Å². The minimum atomic E-state index is -0.550. The second kappa shape index (κ2) is 5.93. The Balaban J connectivity index is 2.56. The number of phenolic OH excluding ortho intramolecular Hbond substituents is 1. The van der Waals surface area contributed by atoms with Gasteiger partial charge in [-0.3, -0.25) is 5.43 Å². The summed E-state index contributed by atoms with van der Waals surface area (Å²) >= 11 is 0. The summed E-state index contributed by atoms with van der Waals surface area (Å²) in [5.41, 5.74) is 6.40. The highest BCUT2D eigenvalue weighted by Gasteiger charge is 2.17. The third-order valence-electron chi connectivity index (χ3n) is 2.44. The first kappa shape index (κ1) is 15.3. The summed E-state index contributed by atoms with van der Waals surface area (Å²) < 4.78 is 5.10. The minimum absolute atomic E-state index is 0.200. The molecule has 1 amide bonds. The van der Waals surface area contributed by atoms with Crippen molar-refractivity contribution in [2.75, 3.05) is 0 Å². The number of amides is 1. The molecule has 1 aromatic rings. The lowest BCUT2D eigenvalue weighted by Gasteiger charge is -2.21. The summed E-state index contributed by atoms with van der Waals surface area (Å²) in [6, 6.07) is 5.17. The van der Waals surface area contributed by atoms with Gasteiger partial charge in [-0.2, -0.15) is 0 Å². The first-order valence-corrected chi connectivity index (χ1v) is 6.23. The molecule has 19 heavy (non-hydrogen) atoms. The van der Waals surface area contributed by atoms with Gasteiger partial charge in [0.2, 0.25) is 0 Å². The largest absolute Gasteiger partial charge is 0.508 e. The van der Waals surface area contributed by atoms with E-state index in [0.29, 0.717) is 5.56 Å². The summed E-state index contributed by atoms with van der Waals surface area (Å²) in [6.07, 6.45) is -0.550. The van der Waals surface area contributed by atoms with Crippen LogP contribution in [0.5, 0.6) is 5.75 Å². The summed E-state index contributed by atoms with van der Waals surface area (Å²) in [4.78, 5) is 11.5. The maximum Gasteiger partial charge on any atom is 0.422 e. The predicted octanol–water partition coefficient (Wildman–Crippen LogP) is 2.79. The smallest absolute Gasteiger partial charge is 0.422 e. The Bertz CT molecular complexity index is 452. The van der Waals surface area contributed by atoms with E-state index in [-0.39, 0.29) is 11.8 Å². The molecule has 0 spiro atoms. The van der Waals surface area contributed by atoms with E-state index in [9.17, 15) is 9.90 Å². The van der Waals surface area contributed by atoms with Crippen LogP contribution in [0.2, 0.25) is 0 Å². The van der Waals surface area contributed by atoms with Crippen molar-refractivity contribution in [2.24, 2.45) is 0 Å². The molecule has 0 aromatic heterocycles. The first-order chi connectivity index (χ1) is 8.69. The summed E-state index contributed by atoms with van der Waals surface area (Å²) in [5, 5.41) is 9.83. The molecule has 1 aromatic carbocycles. The number of rotatable bonds is 3. The van der Waals surface area contributed by atoms with Crippen LogP contribution in [0, 0.1) is 6.92 Å². The number of benzene rings is 1. The molecule has 0 saturated carbocycles. The average Bonchev–Trinajstić information content (AvgIpc) is 2.23. The maximum atomic E-state index is 11.5. The van der Waals surface area contributed by atoms with Crippen LogP contribution < -0.4 is 10.9 Å². The van der Waals surface area contributed by atoms with E-state index >= 15 is 0 Å². The van der Waals surface area contributed by atoms with Gasteiger partial charge < -0.3 is 9.84 Å². The minimum Gasteiger partial charge on any atom is -0.508 e. The fourth-order valence-electron chi connectivity index (χ4n) is 1.57. The molecule has 0 fully saturated rings. The first-order valence-electron chi connectivity index (χ1n) is 6.23. The number of hydrogen-bond donors (Lipinski definition) is 3. The normalized spacial score (nSPS) is 12.9. The highest BCUT2D eigenvalue weighted by molar-refractivity contribution is 5.67. The van der Waals surface area contributed by atoms with Crippen molar-refractivity contribution < 1.29 is 14.6 Å². The fraction of sp³-hybridized carbons (Fsp3) is 0.500. The SMILES string of the molecule is Cc1ccc(C(C)NNC(=O)OC(C)(C)C)c(O)c1. The van der Waals surface area contributed by atoms with E-state index in [0.717, 1.165) is 5.56 Å². The molecule has 0 aliphatic heterocycles. The lowest BCUT2D eigenvalue weighted by molar-refractivity contribution is 0.0489. The van der Waals surface area contributed by atoms with Gasteiger partial charge in [-0.1, -0.05) is 12.1 Å². The molecule has 5 nitrogen and oxygen atoms in total. The lowest BCUT2D eigenvalue weighted by Crippen LogP contribution is -2.42. The standard InChI is InChI=1S/C14H22N2O3/c1-9-6-7-11(12(17)8-9)10(2)15-16-13(18)19-14(3,4)5/h6-8,10,15,17H,1-5H3,(H,16,18). The van der Waals surface area contributed by atoms with Crippen LogP contribution >= 0.6 is 0 Å². The molecule has 5 heteroatoms. The Labute approximate surface area is 113 Å². The summed E-state index contributed by atoms with van der Waals surface area (Å²) in [6.45, 7) is 9.12. The van der Waals surface area contributed by atoms with Crippen LogP contribution in [-0.2, 0) is 4.74 Å². The average molecular weight is 266 g/mol. The van der Waals surface area contributed by atoms with Crippen molar-refractivity contribution in [3.05, 3.63) is 29.3 Å². The molecule has 0 saturated heterocycles. The van der Waals surface area contributed by atoms with E-state index in [1.54, 1.807) is 26.8 Å². The summed E-state index contributed by atoms with van der Waals surface area (Å²) in [5.74, 6) is 0.200. The Morgan fingerprint density at radius 3 is 2.53 bits per heavy atom. The van der Waals surface area contributed by atoms with E-state index in [4.69, 9.17) is 4.74 Å². The molecule has 3 N–H and O–H groups in total. The van der Waals surface area contributed by atoms with Gasteiger partial charge >= 0.3 is 6.09 Å². The van der Waals surface area contributed by atoms with Gasteiger partial charge in [-0.15, -0.1) is 0 Å². The van der Waals surface area contributed by atoms with Crippen LogP contribution in [0.15, 0.2) is 18.2 Å². The zero-order valence-corrected chi connectivity index (χ0v) is 12.1. The zero-order valence-electron chi connectivity index (χ0n) is 12.1. The molecule has 1 atom stereocenters. The van der Waals surface area contributed by atoms with Crippen molar-refractivity contribution >= 4 is 6.09 Å². The van der Waals surface area contributed by atoms with Gasteiger partial charge in [0.15, 0.2) is 0 Å². The third-order valence-corrected chi connectivity index (χ3v) is 2.44. The quantitative estimate of drug-likeness (QED) is 0.736. The number of carbonyl (C=O) groups excluding carboxylic acids is 1. The molecule has 1 unspecified atom stereocenters. The van der Waals surface area contributed by atoms with Gasteiger partial charge in [0.05, 0.1) is 6.04 Å². The lowest BCUT2D eigenvalue weighted by atomic mass is 10.1. The highest BCUT2D eigenvalue weighted by Crippen LogP contribution is 2.24. The third kappa shape index (κ3) is 5.18.